The van der Waals surface area contributed by atoms with Gasteiger partial charge in [-0.1, -0.05) is 0 Å². The van der Waals surface area contributed by atoms with Crippen LogP contribution < -0.4 is 0 Å². The summed E-state index contributed by atoms with van der Waals surface area (Å²) >= 11 is 0.847. The van der Waals surface area contributed by atoms with Gasteiger partial charge in [-0.2, -0.15) is 12.5 Å². The van der Waals surface area contributed by atoms with Crippen LogP contribution in [0.2, 0.25) is 0 Å². The van der Waals surface area contributed by atoms with Gasteiger partial charge in [0.25, 0.3) is 0 Å². The van der Waals surface area contributed by atoms with E-state index in [0.717, 1.165) is 17.3 Å². The Morgan fingerprint density at radius 2 is 1.42 bits per heavy atom. The molecule has 0 atom stereocenters. The first-order valence-corrected chi connectivity index (χ1v) is 6.74. The van der Waals surface area contributed by atoms with Crippen molar-refractivity contribution in [3.05, 3.63) is 42.1 Å². The Labute approximate surface area is 82.4 Å². The van der Waals surface area contributed by atoms with Crippen molar-refractivity contribution in [2.24, 2.45) is 0 Å². The average molecular weight is 246 g/mol. The van der Waals surface area contributed by atoms with Crippen LogP contribution in [-0.2, 0) is 17.3 Å². The monoisotopic (exact) mass is 244 g/mol. The quantitative estimate of drug-likeness (QED) is 0.375. The summed E-state index contributed by atoms with van der Waals surface area (Å²) in [5.74, 6) is -3.10. The second kappa shape index (κ2) is 5.44. The zero-order valence-corrected chi connectivity index (χ0v) is 9.80. The van der Waals surface area contributed by atoms with E-state index in [4.69, 9.17) is 9.69 Å². The van der Waals surface area contributed by atoms with Crippen molar-refractivity contribution in [1.29, 1.82) is 0 Å². The van der Waals surface area contributed by atoms with Crippen LogP contribution in [0.5, 0.6) is 0 Å². The van der Waals surface area contributed by atoms with Gasteiger partial charge in [0, 0.05) is 5.82 Å². The van der Waals surface area contributed by atoms with Crippen LogP contribution in [0.4, 0.5) is 13.2 Å². The summed E-state index contributed by atoms with van der Waals surface area (Å²) in [5.41, 5.74) is -0.140. The molecule has 0 heterocycles. The van der Waals surface area contributed by atoms with Crippen LogP contribution in [-0.4, -0.2) is 0 Å². The van der Waals surface area contributed by atoms with E-state index in [9.17, 15) is 13.2 Å². The number of benzene rings is 1. The van der Waals surface area contributed by atoms with Crippen LogP contribution in [0.15, 0.2) is 12.1 Å². The van der Waals surface area contributed by atoms with Gasteiger partial charge in [0.1, 0.15) is 11.6 Å². The van der Waals surface area contributed by atoms with Crippen LogP contribution in [0, 0.1) is 24.4 Å². The zero-order valence-electron chi connectivity index (χ0n) is 6.08. The zero-order chi connectivity index (χ0) is 9.72. The summed E-state index contributed by atoms with van der Waals surface area (Å²) in [4.78, 5) is 0. The third-order valence-corrected chi connectivity index (χ3v) is 1.09. The summed E-state index contributed by atoms with van der Waals surface area (Å²) in [5, 5.41) is 0. The van der Waals surface area contributed by atoms with Crippen molar-refractivity contribution >= 4 is 9.69 Å². The molecular formula is C7H4ClF3Zn. The summed E-state index contributed by atoms with van der Waals surface area (Å²) in [6.07, 6.45) is 0. The topological polar surface area (TPSA) is 0 Å². The van der Waals surface area contributed by atoms with E-state index in [1.54, 1.807) is 0 Å². The standard InChI is InChI=1S/C7H4F3.ClH.Zn/c1-4-2-6(9)7(10)3-5(4)8;;/h2-3H,1H2;1H;/q-1;;+2/p-1. The molecule has 0 nitrogen and oxygen atoms in total. The van der Waals surface area contributed by atoms with E-state index < -0.39 is 17.5 Å². The number of halogens is 4. The summed E-state index contributed by atoms with van der Waals surface area (Å²) in [6, 6.07) is 1.18. The number of rotatable bonds is 0. The van der Waals surface area contributed by atoms with Crippen molar-refractivity contribution in [2.45, 2.75) is 0 Å². The molecule has 0 aliphatic rings. The van der Waals surface area contributed by atoms with E-state index in [0.29, 0.717) is 12.1 Å². The molecule has 0 spiro atoms. The van der Waals surface area contributed by atoms with Gasteiger partial charge in [0.2, 0.25) is 0 Å². The molecule has 0 unspecified atom stereocenters. The minimum absolute atomic E-state index is 0.140. The van der Waals surface area contributed by atoms with E-state index in [1.165, 1.54) is 0 Å². The molecule has 62 valence electrons. The third kappa shape index (κ3) is 3.04. The first-order chi connectivity index (χ1) is 5.61. The van der Waals surface area contributed by atoms with Gasteiger partial charge in [-0.3, -0.25) is 4.39 Å². The van der Waals surface area contributed by atoms with Crippen LogP contribution in [0.3, 0.4) is 0 Å². The fourth-order valence-electron chi connectivity index (χ4n) is 0.564. The second-order valence-corrected chi connectivity index (χ2v) is 1.86. The molecule has 0 amide bonds. The van der Waals surface area contributed by atoms with Crippen molar-refractivity contribution in [3.63, 3.8) is 0 Å². The van der Waals surface area contributed by atoms with Crippen molar-refractivity contribution in [1.82, 2.24) is 0 Å². The van der Waals surface area contributed by atoms with Crippen LogP contribution in [0.1, 0.15) is 5.56 Å². The fraction of sp³-hybridized carbons (Fsp3) is 0. The molecule has 1 aromatic rings. The molecule has 1 rings (SSSR count). The molecule has 0 saturated heterocycles. The van der Waals surface area contributed by atoms with Gasteiger partial charge in [0.05, 0.1) is 0 Å². The Morgan fingerprint density at radius 1 is 1.00 bits per heavy atom. The van der Waals surface area contributed by atoms with E-state index >= 15 is 0 Å². The first-order valence-electron chi connectivity index (χ1n) is 2.84. The minimum atomic E-state index is -1.19. The molecule has 5 heteroatoms. The SMILES string of the molecule is [CH2-]c1cc(F)c(F)cc1F.[Cl][Zn+]. The fourth-order valence-corrected chi connectivity index (χ4v) is 0.564. The maximum atomic E-state index is 12.3. The normalized spacial score (nSPS) is 8.83. The summed E-state index contributed by atoms with van der Waals surface area (Å²) in [6.45, 7) is 3.14. The molecular weight excluding hydrogens is 242 g/mol. The molecule has 0 aromatic heterocycles. The predicted octanol–water partition coefficient (Wildman–Crippen LogP) is 2.97. The van der Waals surface area contributed by atoms with Crippen molar-refractivity contribution < 1.29 is 30.5 Å². The van der Waals surface area contributed by atoms with E-state index in [-0.39, 0.29) is 5.56 Å². The Bertz CT molecular complexity index is 215. The predicted molar refractivity (Wildman–Crippen MR) is 36.6 cm³/mol. The Kier molecular flexibility index (Phi) is 5.35. The van der Waals surface area contributed by atoms with Crippen molar-refractivity contribution in [3.8, 4) is 0 Å². The molecule has 0 bridgehead atoms. The maximum absolute atomic E-state index is 12.3. The van der Waals surface area contributed by atoms with Crippen LogP contribution in [0.25, 0.3) is 0 Å². The molecule has 1 aromatic carbocycles. The van der Waals surface area contributed by atoms with Gasteiger partial charge in [0.15, 0.2) is 0 Å². The average Bonchev–Trinajstić information content (AvgIpc) is 2.05. The molecule has 0 N–H and O–H groups in total. The number of hydrogen-bond donors (Lipinski definition) is 0. The van der Waals surface area contributed by atoms with Gasteiger partial charge >= 0.3 is 27.0 Å². The molecule has 12 heavy (non-hydrogen) atoms. The molecule has 0 aliphatic carbocycles. The molecule has 0 saturated carbocycles. The summed E-state index contributed by atoms with van der Waals surface area (Å²) in [7, 11) is 4.76. The molecule has 0 radical (unpaired) electrons. The summed E-state index contributed by atoms with van der Waals surface area (Å²) < 4.78 is 36.6. The van der Waals surface area contributed by atoms with E-state index in [2.05, 4.69) is 6.92 Å². The Hall–Kier alpha value is -0.207. The molecule has 0 fully saturated rings. The Morgan fingerprint density at radius 3 is 1.83 bits per heavy atom. The van der Waals surface area contributed by atoms with Crippen LogP contribution >= 0.6 is 9.69 Å². The van der Waals surface area contributed by atoms with Gasteiger partial charge < -0.3 is 0 Å². The number of hydrogen-bond acceptors (Lipinski definition) is 0. The Balaban J connectivity index is 0.000000561. The van der Waals surface area contributed by atoms with Gasteiger partial charge in [-0.25, -0.2) is 8.78 Å². The molecule has 0 aliphatic heterocycles. The van der Waals surface area contributed by atoms with Crippen molar-refractivity contribution in [2.75, 3.05) is 0 Å². The first kappa shape index (κ1) is 11.8. The van der Waals surface area contributed by atoms with Gasteiger partial charge in [-0.05, 0) is 6.07 Å². The second-order valence-electron chi connectivity index (χ2n) is 1.86. The van der Waals surface area contributed by atoms with E-state index in [1.807, 2.05) is 0 Å². The van der Waals surface area contributed by atoms with Gasteiger partial charge in [-0.15, -0.1) is 6.07 Å². The third-order valence-electron chi connectivity index (χ3n) is 1.09.